The van der Waals surface area contributed by atoms with Gasteiger partial charge in [0.25, 0.3) is 0 Å². The average molecular weight is 801 g/mol. The van der Waals surface area contributed by atoms with Crippen molar-refractivity contribution >= 4 is 57.1 Å². The van der Waals surface area contributed by atoms with Crippen LogP contribution in [0, 0.1) is 0 Å². The number of aromatic amines is 1. The summed E-state index contributed by atoms with van der Waals surface area (Å²) in [6, 6.07) is 23.3. The maximum atomic E-state index is 14.5. The number of H-pyrrole nitrogens is 1. The lowest BCUT2D eigenvalue weighted by Gasteiger charge is -2.28. The molecule has 1 aromatic heterocycles. The van der Waals surface area contributed by atoms with E-state index >= 15 is 0 Å². The van der Waals surface area contributed by atoms with Gasteiger partial charge >= 0.3 is 0 Å². The topological polar surface area (TPSA) is 216 Å². The summed E-state index contributed by atoms with van der Waals surface area (Å²) in [6.45, 7) is 3.31. The van der Waals surface area contributed by atoms with Gasteiger partial charge in [0, 0.05) is 36.4 Å². The Labute approximate surface area is 342 Å². The number of fused-ring (bicyclic) bond motifs is 2. The SMILES string of the molecule is C[C@@H]1NC(=O)[C@H](C)NC(=O)[C@H](Cc2ccc3ccccc3c2)NC(=O)[C@H](CCCCN)NC(=O)[C@H](Cc2c[nH]c3ccccc23)NC(=O)[C@H](Cc2ccccc2)NC1=O. The first-order valence-electron chi connectivity index (χ1n) is 20.1. The van der Waals surface area contributed by atoms with E-state index in [9.17, 15) is 28.8 Å². The van der Waals surface area contributed by atoms with Crippen LogP contribution in [0.25, 0.3) is 21.7 Å². The predicted molar refractivity (Wildman–Crippen MR) is 226 cm³/mol. The molecular weight excluding hydrogens is 749 g/mol. The third-order valence-corrected chi connectivity index (χ3v) is 10.6. The van der Waals surface area contributed by atoms with Crippen molar-refractivity contribution in [1.82, 2.24) is 36.9 Å². The van der Waals surface area contributed by atoms with Crippen molar-refractivity contribution in [2.24, 2.45) is 5.73 Å². The standard InChI is InChI=1S/C45H52N8O6/c1-27-40(54)48-28(2)41(55)51-37(23-29-12-4-3-5-13-29)44(58)53-39(25-33-26-47-35-17-9-8-16-34(33)35)45(59)50-36(18-10-11-21-46)42(56)52-38(43(57)49-27)24-30-19-20-31-14-6-7-15-32(31)22-30/h3-9,12-17,19-20,22,26-28,36-39,47H,10-11,18,21,23-25,46H2,1-2H3,(H,48,54)(H,49,57)(H,50,59)(H,51,55)(H,52,56)(H,53,58)/t27-,28-,36-,37-,38-,39-/m0/s1. The second kappa shape index (κ2) is 19.7. The number of hydrogen-bond donors (Lipinski definition) is 8. The molecule has 0 unspecified atom stereocenters. The largest absolute Gasteiger partial charge is 0.361 e. The van der Waals surface area contributed by atoms with Crippen molar-refractivity contribution in [3.05, 3.63) is 120 Å². The van der Waals surface area contributed by atoms with Crippen LogP contribution in [-0.2, 0) is 48.0 Å². The smallest absolute Gasteiger partial charge is 0.243 e. The number of benzene rings is 4. The average Bonchev–Trinajstić information content (AvgIpc) is 3.64. The van der Waals surface area contributed by atoms with Crippen molar-refractivity contribution in [3.63, 3.8) is 0 Å². The number of rotatable bonds is 10. The molecule has 9 N–H and O–H groups in total. The van der Waals surface area contributed by atoms with Gasteiger partial charge in [-0.25, -0.2) is 0 Å². The van der Waals surface area contributed by atoms with E-state index in [2.05, 4.69) is 36.9 Å². The van der Waals surface area contributed by atoms with E-state index in [-0.39, 0.29) is 25.7 Å². The molecule has 14 heteroatoms. The molecule has 6 rings (SSSR count). The number of nitrogens with one attached hydrogen (secondary N) is 7. The van der Waals surface area contributed by atoms with E-state index in [0.29, 0.717) is 19.4 Å². The fourth-order valence-electron chi connectivity index (χ4n) is 7.26. The number of carbonyl (C=O) groups is 6. The van der Waals surface area contributed by atoms with Gasteiger partial charge in [0.15, 0.2) is 0 Å². The van der Waals surface area contributed by atoms with Crippen LogP contribution in [0.15, 0.2) is 103 Å². The van der Waals surface area contributed by atoms with E-state index < -0.39 is 71.7 Å². The Balaban J connectivity index is 1.36. The van der Waals surface area contributed by atoms with Crippen LogP contribution in [0.3, 0.4) is 0 Å². The van der Waals surface area contributed by atoms with Crippen molar-refractivity contribution in [3.8, 4) is 0 Å². The first kappa shape index (κ1) is 42.1. The monoisotopic (exact) mass is 800 g/mol. The van der Waals surface area contributed by atoms with Crippen LogP contribution >= 0.6 is 0 Å². The van der Waals surface area contributed by atoms with Crippen LogP contribution in [0.4, 0.5) is 0 Å². The van der Waals surface area contributed by atoms with Crippen molar-refractivity contribution in [1.29, 1.82) is 0 Å². The Kier molecular flexibility index (Phi) is 14.1. The molecule has 4 aromatic carbocycles. The van der Waals surface area contributed by atoms with Gasteiger partial charge in [0.2, 0.25) is 35.4 Å². The van der Waals surface area contributed by atoms with Crippen LogP contribution in [-0.4, -0.2) is 83.2 Å². The molecule has 6 amide bonds. The highest BCUT2D eigenvalue weighted by Gasteiger charge is 2.34. The number of hydrogen-bond acceptors (Lipinski definition) is 7. The van der Waals surface area contributed by atoms with E-state index in [0.717, 1.165) is 38.4 Å². The summed E-state index contributed by atoms with van der Waals surface area (Å²) in [5.41, 5.74) is 8.89. The summed E-state index contributed by atoms with van der Waals surface area (Å²) in [5, 5.41) is 19.5. The maximum Gasteiger partial charge on any atom is 0.243 e. The van der Waals surface area contributed by atoms with Gasteiger partial charge in [0.05, 0.1) is 0 Å². The molecule has 6 atom stereocenters. The number of amides is 6. The maximum absolute atomic E-state index is 14.5. The molecule has 14 nitrogen and oxygen atoms in total. The van der Waals surface area contributed by atoms with Gasteiger partial charge in [-0.2, -0.15) is 0 Å². The Morgan fingerprint density at radius 2 is 1.02 bits per heavy atom. The summed E-state index contributed by atoms with van der Waals surface area (Å²) >= 11 is 0. The van der Waals surface area contributed by atoms with Gasteiger partial charge < -0.3 is 42.6 Å². The first-order chi connectivity index (χ1) is 28.5. The second-order valence-electron chi connectivity index (χ2n) is 15.1. The van der Waals surface area contributed by atoms with E-state index in [1.807, 2.05) is 97.1 Å². The summed E-state index contributed by atoms with van der Waals surface area (Å²) in [6.07, 6.45) is 3.21. The lowest BCUT2D eigenvalue weighted by molar-refractivity contribution is -0.136. The Hall–Kier alpha value is -6.54. The number of aromatic nitrogens is 1. The lowest BCUT2D eigenvalue weighted by Crippen LogP contribution is -2.61. The molecule has 0 bridgehead atoms. The molecular formula is C45H52N8O6. The highest BCUT2D eigenvalue weighted by Crippen LogP contribution is 2.20. The second-order valence-corrected chi connectivity index (χ2v) is 15.1. The molecule has 1 aliphatic rings. The highest BCUT2D eigenvalue weighted by molar-refractivity contribution is 5.98. The number of carbonyl (C=O) groups excluding carboxylic acids is 6. The minimum atomic E-state index is -1.20. The summed E-state index contributed by atoms with van der Waals surface area (Å²) in [5.74, 6) is -3.81. The molecule has 5 aromatic rings. The minimum absolute atomic E-state index is 0.0437. The van der Waals surface area contributed by atoms with Crippen LogP contribution in [0.5, 0.6) is 0 Å². The Morgan fingerprint density at radius 3 is 1.73 bits per heavy atom. The fraction of sp³-hybridized carbons (Fsp3) is 0.333. The van der Waals surface area contributed by atoms with Crippen molar-refractivity contribution in [2.45, 2.75) is 88.6 Å². The van der Waals surface area contributed by atoms with Gasteiger partial charge in [-0.15, -0.1) is 0 Å². The molecule has 0 aliphatic carbocycles. The van der Waals surface area contributed by atoms with Crippen LogP contribution < -0.4 is 37.6 Å². The fourth-order valence-corrected chi connectivity index (χ4v) is 7.26. The number of para-hydroxylation sites is 1. The molecule has 0 saturated carbocycles. The minimum Gasteiger partial charge on any atom is -0.361 e. The van der Waals surface area contributed by atoms with Crippen LogP contribution in [0.1, 0.15) is 49.8 Å². The van der Waals surface area contributed by atoms with Gasteiger partial charge in [0.1, 0.15) is 36.3 Å². The molecule has 0 spiro atoms. The zero-order chi connectivity index (χ0) is 41.9. The molecule has 59 heavy (non-hydrogen) atoms. The lowest BCUT2D eigenvalue weighted by atomic mass is 9.99. The summed E-state index contributed by atoms with van der Waals surface area (Å²) < 4.78 is 0. The predicted octanol–water partition coefficient (Wildman–Crippen LogP) is 2.44. The first-order valence-corrected chi connectivity index (χ1v) is 20.1. The molecule has 1 fully saturated rings. The zero-order valence-electron chi connectivity index (χ0n) is 33.3. The zero-order valence-corrected chi connectivity index (χ0v) is 33.3. The van der Waals surface area contributed by atoms with Gasteiger partial charge in [-0.3, -0.25) is 28.8 Å². The van der Waals surface area contributed by atoms with Crippen molar-refractivity contribution < 1.29 is 28.8 Å². The molecule has 308 valence electrons. The van der Waals surface area contributed by atoms with E-state index in [1.54, 1.807) is 6.20 Å². The number of nitrogens with two attached hydrogens (primary N) is 1. The van der Waals surface area contributed by atoms with Crippen molar-refractivity contribution in [2.75, 3.05) is 6.54 Å². The van der Waals surface area contributed by atoms with E-state index in [4.69, 9.17) is 5.73 Å². The van der Waals surface area contributed by atoms with E-state index in [1.165, 1.54) is 13.8 Å². The molecule has 1 aliphatic heterocycles. The summed E-state index contributed by atoms with van der Waals surface area (Å²) in [4.78, 5) is 87.3. The quantitative estimate of drug-likeness (QED) is 0.0987. The Bertz CT molecular complexity index is 2290. The normalized spacial score (nSPS) is 22.6. The molecule has 2 heterocycles. The third kappa shape index (κ3) is 11.1. The van der Waals surface area contributed by atoms with Gasteiger partial charge in [-0.05, 0) is 73.2 Å². The van der Waals surface area contributed by atoms with Crippen LogP contribution in [0.2, 0.25) is 0 Å². The molecule has 1 saturated heterocycles. The number of unbranched alkanes of at least 4 members (excludes halogenated alkanes) is 1. The van der Waals surface area contributed by atoms with Gasteiger partial charge in [-0.1, -0.05) is 91.0 Å². The highest BCUT2D eigenvalue weighted by atomic mass is 16.2. The Morgan fingerprint density at radius 1 is 0.492 bits per heavy atom. The molecule has 0 radical (unpaired) electrons. The third-order valence-electron chi connectivity index (χ3n) is 10.6. The summed E-state index contributed by atoms with van der Waals surface area (Å²) in [7, 11) is 0.